The van der Waals surface area contributed by atoms with Gasteiger partial charge in [0.25, 0.3) is 0 Å². The molecule has 1 saturated heterocycles. The molecule has 0 aliphatic carbocycles. The van der Waals surface area contributed by atoms with E-state index in [9.17, 15) is 9.59 Å². The summed E-state index contributed by atoms with van der Waals surface area (Å²) < 4.78 is 4.89. The first-order chi connectivity index (χ1) is 8.92. The van der Waals surface area contributed by atoms with Crippen LogP contribution in [0.2, 0.25) is 3.48 Å². The van der Waals surface area contributed by atoms with E-state index in [1.165, 1.54) is 7.11 Å². The molecule has 1 rings (SSSR count). The van der Waals surface area contributed by atoms with Gasteiger partial charge in [0.1, 0.15) is 0 Å². The monoisotopic (exact) mass is 463 g/mol. The van der Waals surface area contributed by atoms with Gasteiger partial charge in [-0.2, -0.15) is 0 Å². The van der Waals surface area contributed by atoms with E-state index in [1.54, 1.807) is 4.90 Å². The number of hydrogen-bond donors (Lipinski definition) is 0. The standard InChI is InChI=1S/C13H23N2O3.Pb/c1-5-7-14(3)10-8-11(13(17)18-4)15(9-10)12(16)6-2;/h6,10-11H,5,7-9H2,1-4H3;. The topological polar surface area (TPSA) is 49.9 Å². The summed E-state index contributed by atoms with van der Waals surface area (Å²) in [4.78, 5) is 28.1. The number of likely N-dealkylation sites (N-methyl/N-ethyl adjacent to an activating group) is 1. The number of likely N-dealkylation sites (tertiary alicyclic amines) is 1. The third-order valence-corrected chi connectivity index (χ3v) is 4.57. The molecule has 0 bridgehead atoms. The van der Waals surface area contributed by atoms with Gasteiger partial charge in [0.05, 0.1) is 0 Å². The summed E-state index contributed by atoms with van der Waals surface area (Å²) in [5, 5.41) is 0. The Hall–Kier alpha value is -0.178. The Balaban J connectivity index is 2.81. The summed E-state index contributed by atoms with van der Waals surface area (Å²) >= 11 is 0.810. The first-order valence-corrected chi connectivity index (χ1v) is 8.96. The van der Waals surface area contributed by atoms with Gasteiger partial charge in [0, 0.05) is 0 Å². The van der Waals surface area contributed by atoms with Crippen LogP contribution in [0.4, 0.5) is 0 Å². The van der Waals surface area contributed by atoms with Gasteiger partial charge < -0.3 is 0 Å². The van der Waals surface area contributed by atoms with E-state index in [0.717, 1.165) is 38.7 Å². The van der Waals surface area contributed by atoms with Gasteiger partial charge in [-0.05, 0) is 0 Å². The Labute approximate surface area is 131 Å². The number of rotatable bonds is 5. The molecule has 6 heteroatoms. The minimum absolute atomic E-state index is 0.0439. The Morgan fingerprint density at radius 2 is 2.16 bits per heavy atom. The molecule has 0 aromatic carbocycles. The third kappa shape index (κ3) is 4.14. The van der Waals surface area contributed by atoms with Crippen LogP contribution in [-0.2, 0) is 14.3 Å². The van der Waals surface area contributed by atoms with Crippen molar-refractivity contribution in [1.29, 1.82) is 0 Å². The molecular weight excluding hydrogens is 439 g/mol. The Kier molecular flexibility index (Phi) is 6.72. The summed E-state index contributed by atoms with van der Waals surface area (Å²) in [5.74, 6) is -0.197. The van der Waals surface area contributed by atoms with Crippen molar-refractivity contribution in [2.45, 2.75) is 42.2 Å². The van der Waals surface area contributed by atoms with Crippen LogP contribution in [-0.4, -0.2) is 86.8 Å². The molecule has 1 fully saturated rings. The molecule has 1 amide bonds. The van der Waals surface area contributed by atoms with Crippen LogP contribution in [0.3, 0.4) is 0 Å². The molecule has 0 spiro atoms. The van der Waals surface area contributed by atoms with Crippen LogP contribution < -0.4 is 0 Å². The number of hydrogen-bond acceptors (Lipinski definition) is 4. The second-order valence-corrected chi connectivity index (χ2v) is 8.49. The zero-order valence-corrected chi connectivity index (χ0v) is 16.1. The van der Waals surface area contributed by atoms with Gasteiger partial charge in [-0.1, -0.05) is 0 Å². The second-order valence-electron chi connectivity index (χ2n) is 5.12. The maximum atomic E-state index is 12.2. The van der Waals surface area contributed by atoms with Crippen molar-refractivity contribution in [2.24, 2.45) is 0 Å². The predicted octanol–water partition coefficient (Wildman–Crippen LogP) is 0.448. The van der Waals surface area contributed by atoms with Crippen LogP contribution in [0.1, 0.15) is 26.7 Å². The van der Waals surface area contributed by atoms with E-state index >= 15 is 0 Å². The number of carbonyl (C=O) groups excluding carboxylic acids is 2. The molecule has 0 N–H and O–H groups in total. The SMILES string of the molecule is CCCN(C)C1CC(C(=O)OC)N(C(=O)[CH](C)[Pb])C1. The van der Waals surface area contributed by atoms with Gasteiger partial charge in [-0.25, -0.2) is 0 Å². The molecule has 3 unspecified atom stereocenters. The van der Waals surface area contributed by atoms with Crippen LogP contribution >= 0.6 is 0 Å². The van der Waals surface area contributed by atoms with E-state index in [-0.39, 0.29) is 21.4 Å². The molecule has 3 atom stereocenters. The summed E-state index contributed by atoms with van der Waals surface area (Å²) in [6, 6.07) is -0.147. The average Bonchev–Trinajstić information content (AvgIpc) is 2.82. The number of nitrogens with zero attached hydrogens (tertiary/aromatic N) is 2. The van der Waals surface area contributed by atoms with Gasteiger partial charge in [0.15, 0.2) is 0 Å². The number of esters is 1. The fourth-order valence-electron chi connectivity index (χ4n) is 2.52. The Bertz CT molecular complexity index is 336. The van der Waals surface area contributed by atoms with Crippen molar-refractivity contribution in [3.63, 3.8) is 0 Å². The van der Waals surface area contributed by atoms with Crippen LogP contribution in [0.5, 0.6) is 0 Å². The average molecular weight is 463 g/mol. The molecule has 0 saturated carbocycles. The van der Waals surface area contributed by atoms with Gasteiger partial charge in [0.2, 0.25) is 0 Å². The number of methoxy groups -OCH3 is 1. The van der Waals surface area contributed by atoms with E-state index in [2.05, 4.69) is 18.9 Å². The fraction of sp³-hybridized carbons (Fsp3) is 0.846. The molecule has 0 aromatic rings. The first-order valence-electron chi connectivity index (χ1n) is 6.72. The molecule has 1 aliphatic rings. The summed E-state index contributed by atoms with van der Waals surface area (Å²) in [6.07, 6.45) is 1.75. The molecular formula is C13H23N2O3Pb. The number of ether oxygens (including phenoxy) is 1. The molecule has 107 valence electrons. The summed E-state index contributed by atoms with van der Waals surface area (Å²) in [6.45, 7) is 5.68. The molecule has 0 aromatic heterocycles. The third-order valence-electron chi connectivity index (χ3n) is 3.61. The molecule has 1 heterocycles. The van der Waals surface area contributed by atoms with Crippen molar-refractivity contribution in [3.8, 4) is 0 Å². The van der Waals surface area contributed by atoms with E-state index in [4.69, 9.17) is 4.74 Å². The Morgan fingerprint density at radius 3 is 2.63 bits per heavy atom. The van der Waals surface area contributed by atoms with Crippen molar-refractivity contribution >= 4 is 37.6 Å². The fourth-order valence-corrected chi connectivity index (χ4v) is 3.16. The molecule has 1 aliphatic heterocycles. The molecule has 19 heavy (non-hydrogen) atoms. The van der Waals surface area contributed by atoms with Crippen molar-refractivity contribution in [2.75, 3.05) is 27.2 Å². The van der Waals surface area contributed by atoms with Gasteiger partial charge in [-0.15, -0.1) is 0 Å². The quantitative estimate of drug-likeness (QED) is 0.440. The molecule has 3 radical (unpaired) electrons. The predicted molar refractivity (Wildman–Crippen MR) is 74.0 cm³/mol. The van der Waals surface area contributed by atoms with Crippen LogP contribution in [0.15, 0.2) is 0 Å². The van der Waals surface area contributed by atoms with Gasteiger partial charge in [-0.3, -0.25) is 0 Å². The van der Waals surface area contributed by atoms with Crippen molar-refractivity contribution in [3.05, 3.63) is 0 Å². The molecule has 5 nitrogen and oxygen atoms in total. The zero-order valence-electron chi connectivity index (χ0n) is 12.2. The number of amides is 1. The van der Waals surface area contributed by atoms with Gasteiger partial charge >= 0.3 is 131 Å². The van der Waals surface area contributed by atoms with E-state index in [0.29, 0.717) is 13.0 Å². The summed E-state index contributed by atoms with van der Waals surface area (Å²) in [5.41, 5.74) is 0. The summed E-state index contributed by atoms with van der Waals surface area (Å²) in [7, 11) is 3.44. The van der Waals surface area contributed by atoms with Crippen molar-refractivity contribution < 1.29 is 14.3 Å². The number of carbonyl (C=O) groups is 2. The van der Waals surface area contributed by atoms with E-state index in [1.807, 2.05) is 6.92 Å². The van der Waals surface area contributed by atoms with Crippen LogP contribution in [0.25, 0.3) is 0 Å². The maximum absolute atomic E-state index is 12.2. The first kappa shape index (κ1) is 16.9. The minimum atomic E-state index is -0.404. The normalized spacial score (nSPS) is 24.6. The van der Waals surface area contributed by atoms with Crippen molar-refractivity contribution in [1.82, 2.24) is 9.80 Å². The van der Waals surface area contributed by atoms with E-state index < -0.39 is 6.04 Å². The zero-order chi connectivity index (χ0) is 14.6. The Morgan fingerprint density at radius 1 is 1.53 bits per heavy atom. The second kappa shape index (κ2) is 7.56. The van der Waals surface area contributed by atoms with Crippen LogP contribution in [0, 0.1) is 0 Å².